The number of nitrogens with one attached hydrogen (secondary N) is 1. The van der Waals surface area contributed by atoms with Crippen LogP contribution in [0, 0.1) is 16.0 Å². The predicted octanol–water partition coefficient (Wildman–Crippen LogP) is 2.19. The molecular weight excluding hydrogens is 248 g/mol. The summed E-state index contributed by atoms with van der Waals surface area (Å²) in [5, 5.41) is 13.9. The van der Waals surface area contributed by atoms with E-state index < -0.39 is 4.92 Å². The first-order chi connectivity index (χ1) is 8.99. The highest BCUT2D eigenvalue weighted by atomic mass is 16.6. The predicted molar refractivity (Wildman–Crippen MR) is 72.5 cm³/mol. The number of ether oxygens (including phenoxy) is 1. The molecular formula is C12H18N4O3. The van der Waals surface area contributed by atoms with Crippen molar-refractivity contribution in [1.29, 1.82) is 0 Å². The van der Waals surface area contributed by atoms with E-state index in [2.05, 4.69) is 21.9 Å². The molecule has 0 saturated heterocycles. The number of methoxy groups -OCH3 is 1. The van der Waals surface area contributed by atoms with Crippen LogP contribution in [-0.2, 0) is 6.42 Å². The van der Waals surface area contributed by atoms with Gasteiger partial charge in [0.15, 0.2) is 0 Å². The molecule has 1 rings (SSSR count). The summed E-state index contributed by atoms with van der Waals surface area (Å²) in [5.74, 6) is 0.997. The van der Waals surface area contributed by atoms with Crippen LogP contribution >= 0.6 is 0 Å². The average Bonchev–Trinajstić information content (AvgIpc) is 2.34. The molecule has 0 aliphatic heterocycles. The fourth-order valence-corrected chi connectivity index (χ4v) is 1.53. The molecule has 0 aromatic carbocycles. The molecule has 0 spiro atoms. The molecule has 0 saturated carbocycles. The van der Waals surface area contributed by atoms with Gasteiger partial charge in [0.25, 0.3) is 5.88 Å². The fraction of sp³-hybridized carbons (Fsp3) is 0.500. The van der Waals surface area contributed by atoms with Gasteiger partial charge in [0.2, 0.25) is 5.82 Å². The van der Waals surface area contributed by atoms with Gasteiger partial charge >= 0.3 is 5.69 Å². The second-order valence-electron chi connectivity index (χ2n) is 4.37. The van der Waals surface area contributed by atoms with Gasteiger partial charge < -0.3 is 10.1 Å². The standard InChI is InChI=1S/C12H18N4O3/c1-5-6-13-11-10(16(17)18)12(19-4)15-9(14-11)7-8(2)3/h5,8H,1,6-7H2,2-4H3,(H,13,14,15). The van der Waals surface area contributed by atoms with E-state index in [1.165, 1.54) is 7.11 Å². The van der Waals surface area contributed by atoms with E-state index in [0.717, 1.165) is 0 Å². The second kappa shape index (κ2) is 6.67. The summed E-state index contributed by atoms with van der Waals surface area (Å²) in [6.07, 6.45) is 2.22. The first-order valence-electron chi connectivity index (χ1n) is 5.93. The lowest BCUT2D eigenvalue weighted by atomic mass is 10.1. The normalized spacial score (nSPS) is 10.3. The van der Waals surface area contributed by atoms with Crippen LogP contribution in [0.1, 0.15) is 19.7 Å². The molecule has 1 N–H and O–H groups in total. The van der Waals surface area contributed by atoms with Crippen LogP contribution in [0.25, 0.3) is 0 Å². The van der Waals surface area contributed by atoms with Crippen molar-refractivity contribution in [2.24, 2.45) is 5.92 Å². The van der Waals surface area contributed by atoms with Crippen LogP contribution < -0.4 is 10.1 Å². The number of nitro groups is 1. The summed E-state index contributed by atoms with van der Waals surface area (Å²) in [5.41, 5.74) is -0.253. The van der Waals surface area contributed by atoms with Crippen molar-refractivity contribution in [3.8, 4) is 5.88 Å². The molecule has 1 aromatic rings. The maximum Gasteiger partial charge on any atom is 0.372 e. The Labute approximate surface area is 111 Å². The minimum atomic E-state index is -0.552. The van der Waals surface area contributed by atoms with E-state index in [0.29, 0.717) is 24.7 Å². The minimum absolute atomic E-state index is 0.0257. The fourth-order valence-electron chi connectivity index (χ4n) is 1.53. The van der Waals surface area contributed by atoms with Crippen molar-refractivity contribution < 1.29 is 9.66 Å². The zero-order valence-corrected chi connectivity index (χ0v) is 11.3. The largest absolute Gasteiger partial charge is 0.476 e. The summed E-state index contributed by atoms with van der Waals surface area (Å²) < 4.78 is 4.99. The second-order valence-corrected chi connectivity index (χ2v) is 4.37. The maximum absolute atomic E-state index is 11.1. The Bertz CT molecular complexity index is 474. The summed E-state index contributed by atoms with van der Waals surface area (Å²) in [6, 6.07) is 0. The van der Waals surface area contributed by atoms with E-state index in [1.807, 2.05) is 13.8 Å². The van der Waals surface area contributed by atoms with Crippen LogP contribution in [0.5, 0.6) is 5.88 Å². The lowest BCUT2D eigenvalue weighted by Gasteiger charge is -2.10. The van der Waals surface area contributed by atoms with Gasteiger partial charge in [0.1, 0.15) is 5.82 Å². The van der Waals surface area contributed by atoms with Crippen LogP contribution in [0.3, 0.4) is 0 Å². The van der Waals surface area contributed by atoms with Crippen molar-refractivity contribution in [2.45, 2.75) is 20.3 Å². The Morgan fingerprint density at radius 2 is 2.21 bits per heavy atom. The summed E-state index contributed by atoms with van der Waals surface area (Å²) in [4.78, 5) is 18.8. The third-order valence-electron chi connectivity index (χ3n) is 2.28. The van der Waals surface area contributed by atoms with Gasteiger partial charge in [-0.2, -0.15) is 4.98 Å². The van der Waals surface area contributed by atoms with E-state index >= 15 is 0 Å². The topological polar surface area (TPSA) is 90.2 Å². The first-order valence-corrected chi connectivity index (χ1v) is 5.93. The Morgan fingerprint density at radius 1 is 1.53 bits per heavy atom. The molecule has 0 aliphatic rings. The average molecular weight is 266 g/mol. The Hall–Kier alpha value is -2.18. The van der Waals surface area contributed by atoms with Gasteiger partial charge in [-0.25, -0.2) is 4.98 Å². The number of aromatic nitrogens is 2. The van der Waals surface area contributed by atoms with Gasteiger partial charge in [0, 0.05) is 13.0 Å². The molecule has 7 nitrogen and oxygen atoms in total. The van der Waals surface area contributed by atoms with Gasteiger partial charge in [-0.1, -0.05) is 19.9 Å². The number of hydrogen-bond donors (Lipinski definition) is 1. The van der Waals surface area contributed by atoms with Gasteiger partial charge in [-0.3, -0.25) is 10.1 Å². The number of rotatable bonds is 7. The van der Waals surface area contributed by atoms with Crippen molar-refractivity contribution in [2.75, 3.05) is 19.0 Å². The highest BCUT2D eigenvalue weighted by Gasteiger charge is 2.25. The highest BCUT2D eigenvalue weighted by molar-refractivity contribution is 5.61. The summed E-state index contributed by atoms with van der Waals surface area (Å²) in [7, 11) is 1.35. The highest BCUT2D eigenvalue weighted by Crippen LogP contribution is 2.31. The van der Waals surface area contributed by atoms with Crippen molar-refractivity contribution in [1.82, 2.24) is 9.97 Å². The Balaban J connectivity index is 3.27. The molecule has 7 heteroatoms. The van der Waals surface area contributed by atoms with Crippen molar-refractivity contribution in [3.63, 3.8) is 0 Å². The Kier molecular flexibility index (Phi) is 5.23. The summed E-state index contributed by atoms with van der Waals surface area (Å²) >= 11 is 0. The Morgan fingerprint density at radius 3 is 2.68 bits per heavy atom. The molecule has 0 radical (unpaired) electrons. The van der Waals surface area contributed by atoms with Gasteiger partial charge in [0.05, 0.1) is 12.0 Å². The quantitative estimate of drug-likeness (QED) is 0.462. The zero-order chi connectivity index (χ0) is 14.4. The number of hydrogen-bond acceptors (Lipinski definition) is 6. The first kappa shape index (κ1) is 14.9. The van der Waals surface area contributed by atoms with Gasteiger partial charge in [-0.15, -0.1) is 6.58 Å². The minimum Gasteiger partial charge on any atom is -0.476 e. The van der Waals surface area contributed by atoms with E-state index in [9.17, 15) is 10.1 Å². The smallest absolute Gasteiger partial charge is 0.372 e. The molecule has 0 amide bonds. The van der Waals surface area contributed by atoms with Crippen LogP contribution in [0.2, 0.25) is 0 Å². The molecule has 0 fully saturated rings. The molecule has 0 aliphatic carbocycles. The maximum atomic E-state index is 11.1. The molecule has 0 atom stereocenters. The van der Waals surface area contributed by atoms with Crippen molar-refractivity contribution in [3.05, 3.63) is 28.6 Å². The molecule has 1 aromatic heterocycles. The molecule has 104 valence electrons. The van der Waals surface area contributed by atoms with E-state index in [-0.39, 0.29) is 17.4 Å². The van der Waals surface area contributed by atoms with E-state index in [4.69, 9.17) is 4.74 Å². The SMILES string of the molecule is C=CCNc1nc(CC(C)C)nc(OC)c1[N+](=O)[O-]. The van der Waals surface area contributed by atoms with Gasteiger partial charge in [-0.05, 0) is 5.92 Å². The third-order valence-corrected chi connectivity index (χ3v) is 2.28. The monoisotopic (exact) mass is 266 g/mol. The molecule has 0 unspecified atom stereocenters. The molecule has 0 bridgehead atoms. The van der Waals surface area contributed by atoms with Crippen LogP contribution in [0.4, 0.5) is 11.5 Å². The zero-order valence-electron chi connectivity index (χ0n) is 11.3. The van der Waals surface area contributed by atoms with Crippen LogP contribution in [-0.4, -0.2) is 28.5 Å². The lowest BCUT2D eigenvalue weighted by molar-refractivity contribution is -0.385. The number of anilines is 1. The van der Waals surface area contributed by atoms with E-state index in [1.54, 1.807) is 6.08 Å². The number of nitrogens with zero attached hydrogens (tertiary/aromatic N) is 3. The third kappa shape index (κ3) is 3.90. The van der Waals surface area contributed by atoms with Crippen molar-refractivity contribution >= 4 is 11.5 Å². The summed E-state index contributed by atoms with van der Waals surface area (Å²) in [6.45, 7) is 7.98. The van der Waals surface area contributed by atoms with Crippen LogP contribution in [0.15, 0.2) is 12.7 Å². The lowest BCUT2D eigenvalue weighted by Crippen LogP contribution is -2.11. The molecule has 19 heavy (non-hydrogen) atoms. The molecule has 1 heterocycles.